The van der Waals surface area contributed by atoms with Crippen LogP contribution in [0, 0.1) is 0 Å². The van der Waals surface area contributed by atoms with Crippen LogP contribution >= 0.6 is 0 Å². The largest absolute Gasteiger partial charge is 0.478 e. The molecular formula is C28H35N5O2. The summed E-state index contributed by atoms with van der Waals surface area (Å²) in [5.41, 5.74) is 6.82. The second-order valence-electron chi connectivity index (χ2n) is 9.86. The van der Waals surface area contributed by atoms with Gasteiger partial charge in [0.15, 0.2) is 5.65 Å². The van der Waals surface area contributed by atoms with Crippen molar-refractivity contribution >= 4 is 22.3 Å². The third-order valence-corrected chi connectivity index (χ3v) is 7.22. The topological polar surface area (TPSA) is 75.5 Å². The lowest BCUT2D eigenvalue weighted by atomic mass is 9.87. The molecule has 7 heteroatoms. The number of Topliss-reactive ketones (excluding diaryl/α,β-unsaturated/α-hetero) is 1. The molecule has 3 aromatic heterocycles. The molecule has 0 saturated carbocycles. The number of hydrogen-bond acceptors (Lipinski definition) is 5. The first-order valence-corrected chi connectivity index (χ1v) is 12.8. The smallest absolute Gasteiger partial charge is 0.217 e. The molecule has 1 saturated heterocycles. The van der Waals surface area contributed by atoms with Gasteiger partial charge in [-0.3, -0.25) is 9.69 Å². The molecule has 0 atom stereocenters. The lowest BCUT2D eigenvalue weighted by molar-refractivity contribution is -0.120. The average molecular weight is 474 g/mol. The van der Waals surface area contributed by atoms with E-state index in [0.29, 0.717) is 43.1 Å². The first-order valence-electron chi connectivity index (χ1n) is 12.8. The van der Waals surface area contributed by atoms with Crippen LogP contribution in [0.1, 0.15) is 69.9 Å². The van der Waals surface area contributed by atoms with Crippen molar-refractivity contribution in [2.45, 2.75) is 58.8 Å². The summed E-state index contributed by atoms with van der Waals surface area (Å²) in [6.07, 6.45) is 4.38. The monoisotopic (exact) mass is 473 g/mol. The molecule has 0 spiro atoms. The predicted octanol–water partition coefficient (Wildman–Crippen LogP) is 5.56. The van der Waals surface area contributed by atoms with Gasteiger partial charge in [-0.15, -0.1) is 0 Å². The molecule has 4 heterocycles. The number of likely N-dealkylation sites (tertiary alicyclic amines) is 1. The highest BCUT2D eigenvalue weighted by atomic mass is 16.5. The summed E-state index contributed by atoms with van der Waals surface area (Å²) in [7, 11) is 0. The lowest BCUT2D eigenvalue weighted by Crippen LogP contribution is -2.36. The van der Waals surface area contributed by atoms with Gasteiger partial charge in [-0.25, -0.2) is 4.98 Å². The number of aromatic amines is 1. The van der Waals surface area contributed by atoms with Crippen LogP contribution in [0.15, 0.2) is 36.7 Å². The third kappa shape index (κ3) is 4.57. The Hall–Kier alpha value is -3.19. The maximum Gasteiger partial charge on any atom is 0.217 e. The van der Waals surface area contributed by atoms with Crippen molar-refractivity contribution in [1.29, 1.82) is 0 Å². The number of piperidine rings is 1. The summed E-state index contributed by atoms with van der Waals surface area (Å²) < 4.78 is 7.61. The number of carbonyl (C=O) groups is 1. The molecule has 1 N–H and O–H groups in total. The Morgan fingerprint density at radius 2 is 1.97 bits per heavy atom. The third-order valence-electron chi connectivity index (χ3n) is 7.22. The first kappa shape index (κ1) is 23.5. The van der Waals surface area contributed by atoms with E-state index < -0.39 is 0 Å². The van der Waals surface area contributed by atoms with E-state index in [1.807, 2.05) is 13.8 Å². The second-order valence-corrected chi connectivity index (χ2v) is 9.86. The Labute approximate surface area is 206 Å². The molecule has 35 heavy (non-hydrogen) atoms. The van der Waals surface area contributed by atoms with E-state index in [4.69, 9.17) is 4.74 Å². The van der Waals surface area contributed by atoms with Gasteiger partial charge in [0.25, 0.3) is 0 Å². The number of nitrogens with one attached hydrogen (secondary N) is 1. The van der Waals surface area contributed by atoms with Crippen LogP contribution in [0.4, 0.5) is 0 Å². The van der Waals surface area contributed by atoms with Gasteiger partial charge in [0.2, 0.25) is 5.88 Å². The van der Waals surface area contributed by atoms with Crippen LogP contribution in [-0.4, -0.2) is 56.5 Å². The number of aromatic nitrogens is 4. The number of carbonyl (C=O) groups excluding carboxylic acids is 1. The Morgan fingerprint density at radius 1 is 1.17 bits per heavy atom. The summed E-state index contributed by atoms with van der Waals surface area (Å²) in [5, 5.41) is 5.60. The standard InChI is InChI=1S/C28H35N5O2/c1-5-22(34)16-32-11-9-19(10-12-32)20-7-8-24-23(13-20)27(18(3)4)28(31-24)21-14-25-29-17-30-33(25)26(15-21)35-6-2/h7-8,13-15,17-19,31H,5-6,9-12,16H2,1-4H3. The molecule has 184 valence electrons. The highest BCUT2D eigenvalue weighted by molar-refractivity contribution is 5.92. The Bertz CT molecular complexity index is 1340. The molecular weight excluding hydrogens is 438 g/mol. The van der Waals surface area contributed by atoms with Crippen molar-refractivity contribution in [1.82, 2.24) is 24.5 Å². The van der Waals surface area contributed by atoms with Gasteiger partial charge in [0, 0.05) is 29.0 Å². The van der Waals surface area contributed by atoms with Crippen molar-refractivity contribution in [2.24, 2.45) is 0 Å². The minimum absolute atomic E-state index is 0.336. The zero-order valence-corrected chi connectivity index (χ0v) is 21.2. The molecule has 5 rings (SSSR count). The van der Waals surface area contributed by atoms with E-state index in [9.17, 15) is 4.79 Å². The molecule has 0 unspecified atom stereocenters. The fourth-order valence-corrected chi connectivity index (χ4v) is 5.39. The molecule has 0 aliphatic carbocycles. The molecule has 0 radical (unpaired) electrons. The van der Waals surface area contributed by atoms with E-state index >= 15 is 0 Å². The number of H-pyrrole nitrogens is 1. The second kappa shape index (κ2) is 9.82. The van der Waals surface area contributed by atoms with Crippen LogP contribution in [-0.2, 0) is 4.79 Å². The highest BCUT2D eigenvalue weighted by Gasteiger charge is 2.24. The molecule has 7 nitrogen and oxygen atoms in total. The maximum absolute atomic E-state index is 11.9. The minimum Gasteiger partial charge on any atom is -0.478 e. The number of benzene rings is 1. The highest BCUT2D eigenvalue weighted by Crippen LogP contribution is 2.39. The zero-order chi connectivity index (χ0) is 24.5. The molecule has 0 amide bonds. The number of hydrogen-bond donors (Lipinski definition) is 1. The first-order chi connectivity index (χ1) is 17.0. The maximum atomic E-state index is 11.9. The van der Waals surface area contributed by atoms with Crippen LogP contribution in [0.25, 0.3) is 27.8 Å². The summed E-state index contributed by atoms with van der Waals surface area (Å²) >= 11 is 0. The summed E-state index contributed by atoms with van der Waals surface area (Å²) in [5.74, 6) is 1.91. The fourth-order valence-electron chi connectivity index (χ4n) is 5.39. The van der Waals surface area contributed by atoms with Crippen molar-refractivity contribution in [3.63, 3.8) is 0 Å². The van der Waals surface area contributed by atoms with Crippen molar-refractivity contribution in [2.75, 3.05) is 26.2 Å². The van der Waals surface area contributed by atoms with E-state index in [1.54, 1.807) is 10.8 Å². The lowest BCUT2D eigenvalue weighted by Gasteiger charge is -2.31. The van der Waals surface area contributed by atoms with E-state index in [1.165, 1.54) is 16.5 Å². The van der Waals surface area contributed by atoms with Gasteiger partial charge in [-0.05, 0) is 74.0 Å². The number of nitrogens with zero attached hydrogens (tertiary/aromatic N) is 4. The molecule has 4 aromatic rings. The van der Waals surface area contributed by atoms with Gasteiger partial charge in [-0.1, -0.05) is 26.8 Å². The Morgan fingerprint density at radius 3 is 2.69 bits per heavy atom. The summed E-state index contributed by atoms with van der Waals surface area (Å²) in [6, 6.07) is 11.0. The summed E-state index contributed by atoms with van der Waals surface area (Å²) in [4.78, 5) is 22.3. The Kier molecular flexibility index (Phi) is 6.60. The van der Waals surface area contributed by atoms with Gasteiger partial charge >= 0.3 is 0 Å². The quantitative estimate of drug-likeness (QED) is 0.363. The van der Waals surface area contributed by atoms with Gasteiger partial charge < -0.3 is 9.72 Å². The van der Waals surface area contributed by atoms with Crippen LogP contribution < -0.4 is 4.74 Å². The van der Waals surface area contributed by atoms with Crippen LogP contribution in [0.3, 0.4) is 0 Å². The number of fused-ring (bicyclic) bond motifs is 2. The zero-order valence-electron chi connectivity index (χ0n) is 21.2. The number of ketones is 1. The van der Waals surface area contributed by atoms with Gasteiger partial charge in [0.05, 0.1) is 18.8 Å². The fraction of sp³-hybridized carbons (Fsp3) is 0.464. The molecule has 1 aromatic carbocycles. The van der Waals surface area contributed by atoms with E-state index in [0.717, 1.165) is 48.4 Å². The predicted molar refractivity (Wildman–Crippen MR) is 139 cm³/mol. The number of pyridine rings is 1. The molecule has 1 aliphatic heterocycles. The van der Waals surface area contributed by atoms with E-state index in [2.05, 4.69) is 64.1 Å². The number of ether oxygens (including phenoxy) is 1. The SMILES string of the molecule is CCOc1cc(-c2[nH]c3ccc(C4CCN(CC(=O)CC)CC4)cc3c2C(C)C)cc2ncnn12. The molecule has 0 bridgehead atoms. The number of rotatable bonds is 8. The van der Waals surface area contributed by atoms with Crippen LogP contribution in [0.2, 0.25) is 0 Å². The minimum atomic E-state index is 0.336. The van der Waals surface area contributed by atoms with Gasteiger partial charge in [0.1, 0.15) is 12.1 Å². The molecule has 1 fully saturated rings. The average Bonchev–Trinajstić information content (AvgIpc) is 3.49. The summed E-state index contributed by atoms with van der Waals surface area (Å²) in [6.45, 7) is 11.6. The normalized spacial score (nSPS) is 15.5. The molecule has 1 aliphatic rings. The Balaban J connectivity index is 1.49. The van der Waals surface area contributed by atoms with Crippen molar-refractivity contribution in [3.8, 4) is 17.1 Å². The van der Waals surface area contributed by atoms with Gasteiger partial charge in [-0.2, -0.15) is 9.61 Å². The van der Waals surface area contributed by atoms with E-state index in [-0.39, 0.29) is 0 Å². The van der Waals surface area contributed by atoms with Crippen molar-refractivity contribution in [3.05, 3.63) is 47.8 Å². The van der Waals surface area contributed by atoms with Crippen molar-refractivity contribution < 1.29 is 9.53 Å². The van der Waals surface area contributed by atoms with Crippen LogP contribution in [0.5, 0.6) is 5.88 Å².